The van der Waals surface area contributed by atoms with Gasteiger partial charge in [0, 0.05) is 0 Å². The Labute approximate surface area is 205 Å². The maximum absolute atomic E-state index is 14.8. The summed E-state index contributed by atoms with van der Waals surface area (Å²) in [6.07, 6.45) is 3.33. The number of ether oxygens (including phenoxy) is 2. The molecule has 0 N–H and O–H groups in total. The van der Waals surface area contributed by atoms with Crippen LogP contribution in [0.15, 0.2) is 48.5 Å². The number of halogens is 5. The fraction of sp³-hybridized carbons (Fsp3) is 0.250. The molecule has 36 heavy (non-hydrogen) atoms. The molecule has 1 unspecified atom stereocenters. The normalized spacial score (nSPS) is 15.4. The zero-order valence-electron chi connectivity index (χ0n) is 19.6. The van der Waals surface area contributed by atoms with Crippen molar-refractivity contribution >= 4 is 11.5 Å². The lowest BCUT2D eigenvalue weighted by Crippen LogP contribution is -2.13. The molecular weight excluding hydrogens is 479 g/mol. The van der Waals surface area contributed by atoms with Gasteiger partial charge in [-0.3, -0.25) is 0 Å². The summed E-state index contributed by atoms with van der Waals surface area (Å²) in [6, 6.07) is 9.17. The zero-order chi connectivity index (χ0) is 26.0. The molecule has 3 aromatic carbocycles. The molecule has 0 heterocycles. The highest BCUT2D eigenvalue weighted by atomic mass is 19.2. The Morgan fingerprint density at radius 3 is 2.31 bits per heavy atom. The van der Waals surface area contributed by atoms with E-state index in [9.17, 15) is 26.7 Å². The van der Waals surface area contributed by atoms with E-state index in [-0.39, 0.29) is 23.8 Å². The second kappa shape index (κ2) is 10.5. The van der Waals surface area contributed by atoms with Gasteiger partial charge in [-0.1, -0.05) is 24.3 Å². The first-order valence-electron chi connectivity index (χ1n) is 11.5. The van der Waals surface area contributed by atoms with E-state index >= 15 is 0 Å². The molecule has 0 aliphatic heterocycles. The highest BCUT2D eigenvalue weighted by Gasteiger charge is 2.24. The number of hydrogen-bond acceptors (Lipinski definition) is 3. The average molecular weight is 502 g/mol. The highest BCUT2D eigenvalue weighted by Crippen LogP contribution is 2.38. The van der Waals surface area contributed by atoms with E-state index in [4.69, 9.17) is 9.47 Å². The Balaban J connectivity index is 1.48. The van der Waals surface area contributed by atoms with E-state index in [1.54, 1.807) is 19.1 Å². The van der Waals surface area contributed by atoms with Crippen LogP contribution in [0.25, 0.3) is 5.57 Å². The van der Waals surface area contributed by atoms with E-state index in [1.165, 1.54) is 19.1 Å². The lowest BCUT2D eigenvalue weighted by atomic mass is 9.82. The topological polar surface area (TPSA) is 35.5 Å². The van der Waals surface area contributed by atoms with Crippen LogP contribution < -0.4 is 9.47 Å². The average Bonchev–Trinajstić information content (AvgIpc) is 2.87. The molecule has 0 radical (unpaired) electrons. The van der Waals surface area contributed by atoms with Gasteiger partial charge in [-0.25, -0.2) is 18.0 Å². The predicted molar refractivity (Wildman–Crippen MR) is 125 cm³/mol. The molecule has 1 aliphatic carbocycles. The van der Waals surface area contributed by atoms with Crippen LogP contribution in [0, 0.1) is 36.0 Å². The van der Waals surface area contributed by atoms with Gasteiger partial charge in [-0.2, -0.15) is 8.78 Å². The Morgan fingerprint density at radius 1 is 0.917 bits per heavy atom. The lowest BCUT2D eigenvalue weighted by Gasteiger charge is -2.23. The molecule has 8 heteroatoms. The van der Waals surface area contributed by atoms with Gasteiger partial charge in [0.15, 0.2) is 23.1 Å². The quantitative estimate of drug-likeness (QED) is 0.197. The van der Waals surface area contributed by atoms with E-state index in [2.05, 4.69) is 0 Å². The van der Waals surface area contributed by atoms with Crippen molar-refractivity contribution in [3.63, 3.8) is 0 Å². The summed E-state index contributed by atoms with van der Waals surface area (Å²) >= 11 is 0. The third-order valence-corrected chi connectivity index (χ3v) is 6.23. The minimum Gasteiger partial charge on any atom is -0.491 e. The van der Waals surface area contributed by atoms with Crippen LogP contribution in [0.3, 0.4) is 0 Å². The summed E-state index contributed by atoms with van der Waals surface area (Å²) in [4.78, 5) is 12.4. The zero-order valence-corrected chi connectivity index (χ0v) is 19.6. The van der Waals surface area contributed by atoms with Gasteiger partial charge in [-0.05, 0) is 85.6 Å². The van der Waals surface area contributed by atoms with Crippen LogP contribution in [-0.4, -0.2) is 12.6 Å². The van der Waals surface area contributed by atoms with E-state index in [0.717, 1.165) is 23.8 Å². The van der Waals surface area contributed by atoms with E-state index in [0.29, 0.717) is 30.4 Å². The summed E-state index contributed by atoms with van der Waals surface area (Å²) in [5.74, 6) is -7.71. The van der Waals surface area contributed by atoms with Crippen molar-refractivity contribution in [2.75, 3.05) is 6.61 Å². The van der Waals surface area contributed by atoms with Crippen LogP contribution in [0.1, 0.15) is 59.2 Å². The van der Waals surface area contributed by atoms with Gasteiger partial charge >= 0.3 is 5.97 Å². The summed E-state index contributed by atoms with van der Waals surface area (Å²) in [5.41, 5.74) is 1.44. The number of rotatable bonds is 6. The van der Waals surface area contributed by atoms with Crippen molar-refractivity contribution in [2.45, 2.75) is 39.0 Å². The molecule has 3 nitrogen and oxygen atoms in total. The molecule has 0 bridgehead atoms. The van der Waals surface area contributed by atoms with Crippen molar-refractivity contribution in [1.29, 1.82) is 0 Å². The Kier molecular flexibility index (Phi) is 7.43. The summed E-state index contributed by atoms with van der Waals surface area (Å²) in [5, 5.41) is 0. The van der Waals surface area contributed by atoms with Gasteiger partial charge in [-0.15, -0.1) is 0 Å². The molecule has 0 aromatic heterocycles. The van der Waals surface area contributed by atoms with Gasteiger partial charge in [0.2, 0.25) is 11.6 Å². The Morgan fingerprint density at radius 2 is 1.64 bits per heavy atom. The number of aryl methyl sites for hydroxylation is 1. The van der Waals surface area contributed by atoms with Crippen molar-refractivity contribution in [1.82, 2.24) is 0 Å². The first-order chi connectivity index (χ1) is 17.2. The number of allylic oxidation sites excluding steroid dienone is 2. The van der Waals surface area contributed by atoms with Crippen LogP contribution in [0.5, 0.6) is 11.5 Å². The predicted octanol–water partition coefficient (Wildman–Crippen LogP) is 7.66. The summed E-state index contributed by atoms with van der Waals surface area (Å²) in [7, 11) is 0. The van der Waals surface area contributed by atoms with Gasteiger partial charge in [0.05, 0.1) is 12.2 Å². The standard InChI is InChI=1S/C28H23F5O3/c1-3-35-22-12-13-23(27(33)26(22)32)36-28(34)20-11-9-18(14-21(20)29)16-5-7-17(8-6-16)19-10-4-15(2)24(30)25(19)31/h4-5,9-14,17H,3,6-8H2,1-2H3. The van der Waals surface area contributed by atoms with Crippen molar-refractivity contribution in [3.05, 3.63) is 99.9 Å². The maximum atomic E-state index is 14.8. The third-order valence-electron chi connectivity index (χ3n) is 6.23. The molecule has 0 saturated heterocycles. The second-order valence-electron chi connectivity index (χ2n) is 8.51. The van der Waals surface area contributed by atoms with Gasteiger partial charge in [0.1, 0.15) is 5.82 Å². The minimum atomic E-state index is -1.42. The monoisotopic (exact) mass is 502 g/mol. The summed E-state index contributed by atoms with van der Waals surface area (Å²) in [6.45, 7) is 3.22. The highest BCUT2D eigenvalue weighted by molar-refractivity contribution is 5.92. The Hall–Kier alpha value is -3.68. The van der Waals surface area contributed by atoms with Crippen molar-refractivity contribution in [2.24, 2.45) is 0 Å². The molecule has 4 rings (SSSR count). The lowest BCUT2D eigenvalue weighted by molar-refractivity contribution is 0.0721. The van der Waals surface area contributed by atoms with Crippen molar-refractivity contribution < 1.29 is 36.2 Å². The molecular formula is C28H23F5O3. The van der Waals surface area contributed by atoms with Crippen LogP contribution in [0.2, 0.25) is 0 Å². The maximum Gasteiger partial charge on any atom is 0.346 e. The van der Waals surface area contributed by atoms with Crippen LogP contribution in [-0.2, 0) is 0 Å². The molecule has 0 amide bonds. The largest absolute Gasteiger partial charge is 0.491 e. The number of carbonyl (C=O) groups is 1. The number of carbonyl (C=O) groups excluding carboxylic acids is 1. The molecule has 1 aliphatic rings. The fourth-order valence-corrected chi connectivity index (χ4v) is 4.25. The van der Waals surface area contributed by atoms with Crippen LogP contribution in [0.4, 0.5) is 22.0 Å². The second-order valence-corrected chi connectivity index (χ2v) is 8.51. The first kappa shape index (κ1) is 25.4. The smallest absolute Gasteiger partial charge is 0.346 e. The van der Waals surface area contributed by atoms with E-state index in [1.807, 2.05) is 6.08 Å². The third kappa shape index (κ3) is 4.98. The van der Waals surface area contributed by atoms with Gasteiger partial charge in [0.25, 0.3) is 0 Å². The molecule has 3 aromatic rings. The van der Waals surface area contributed by atoms with Crippen LogP contribution >= 0.6 is 0 Å². The van der Waals surface area contributed by atoms with E-state index < -0.39 is 46.4 Å². The molecule has 0 saturated carbocycles. The first-order valence-corrected chi connectivity index (χ1v) is 11.5. The number of benzene rings is 3. The fourth-order valence-electron chi connectivity index (χ4n) is 4.25. The number of hydrogen-bond donors (Lipinski definition) is 0. The Bertz CT molecular complexity index is 1350. The molecule has 0 spiro atoms. The minimum absolute atomic E-state index is 0.117. The SMILES string of the molecule is CCOc1ccc(OC(=O)c2ccc(C3=CCC(c4ccc(C)c(F)c4F)CC3)cc2F)c(F)c1F. The molecule has 1 atom stereocenters. The molecule has 188 valence electrons. The molecule has 0 fully saturated rings. The van der Waals surface area contributed by atoms with Crippen molar-refractivity contribution in [3.8, 4) is 11.5 Å². The van der Waals surface area contributed by atoms with Gasteiger partial charge < -0.3 is 9.47 Å². The summed E-state index contributed by atoms with van der Waals surface area (Å²) < 4.78 is 81.1. The number of esters is 1.